The Morgan fingerprint density at radius 2 is 1.54 bits per heavy atom. The van der Waals surface area contributed by atoms with Crippen molar-refractivity contribution in [3.05, 3.63) is 0 Å². The van der Waals surface area contributed by atoms with Gasteiger partial charge in [-0.25, -0.2) is 0 Å². The highest BCUT2D eigenvalue weighted by Gasteiger charge is 2.52. The van der Waals surface area contributed by atoms with E-state index in [0.29, 0.717) is 13.0 Å². The second-order valence-electron chi connectivity index (χ2n) is 16.6. The van der Waals surface area contributed by atoms with Gasteiger partial charge >= 0.3 is 5.97 Å². The molecule has 0 aromatic rings. The fourth-order valence-electron chi connectivity index (χ4n) is 8.49. The van der Waals surface area contributed by atoms with Gasteiger partial charge in [-0.05, 0) is 86.6 Å². The minimum absolute atomic E-state index is 0.123. The molecule has 1 unspecified atom stereocenters. The lowest BCUT2D eigenvalue weighted by Crippen LogP contribution is -2.59. The van der Waals surface area contributed by atoms with Crippen LogP contribution in [0.3, 0.4) is 0 Å². The molecule has 18 atom stereocenters. The van der Waals surface area contributed by atoms with E-state index in [1.54, 1.807) is 41.5 Å². The van der Waals surface area contributed by atoms with Crippen LogP contribution in [0.2, 0.25) is 0 Å². The quantitative estimate of drug-likeness (QED) is 0.254. The van der Waals surface area contributed by atoms with Crippen LogP contribution in [0.4, 0.5) is 0 Å². The zero-order valence-corrected chi connectivity index (χ0v) is 32.7. The van der Waals surface area contributed by atoms with E-state index in [4.69, 9.17) is 28.4 Å². The highest BCUT2D eigenvalue weighted by molar-refractivity contribution is 5.73. The molecule has 3 rings (SSSR count). The summed E-state index contributed by atoms with van der Waals surface area (Å²) in [6.45, 7) is 20.0. The molecule has 294 valence electrons. The Hall–Kier alpha value is -0.970. The van der Waals surface area contributed by atoms with E-state index in [-0.39, 0.29) is 37.2 Å². The molecule has 0 aliphatic carbocycles. The minimum atomic E-state index is -1.79. The number of esters is 1. The van der Waals surface area contributed by atoms with E-state index in [2.05, 4.69) is 0 Å². The average Bonchev–Trinajstić information content (AvgIpc) is 3.03. The molecular formula is C37H69NO12. The molecule has 13 heteroatoms. The van der Waals surface area contributed by atoms with Crippen molar-refractivity contribution in [3.8, 4) is 0 Å². The molecule has 0 aromatic carbocycles. The summed E-state index contributed by atoms with van der Waals surface area (Å²) in [7, 11) is 3.35. The summed E-state index contributed by atoms with van der Waals surface area (Å²) in [5, 5.41) is 57.6. The molecular weight excluding hydrogens is 650 g/mol. The number of carbonyl (C=O) groups excluding carboxylic acids is 1. The largest absolute Gasteiger partial charge is 0.459 e. The molecule has 3 aliphatic rings. The second-order valence-corrected chi connectivity index (χ2v) is 16.6. The van der Waals surface area contributed by atoms with Crippen molar-refractivity contribution in [2.45, 2.75) is 186 Å². The van der Waals surface area contributed by atoms with E-state index in [1.165, 1.54) is 14.0 Å². The van der Waals surface area contributed by atoms with Crippen molar-refractivity contribution in [2.75, 3.05) is 20.7 Å². The first-order valence-electron chi connectivity index (χ1n) is 18.6. The standard InChI is InChI=1S/C37H69NO12/c1-14-26-37(11,44)30(40)24(7)38(12)18-19(2)16-35(9,43)32(50-34-28(39)20(3)15-21(4)46-34)22(5)29(23(6)33(42)48-26)49-27-17-36(10,45-13)31(41)25(8)47-27/h19-32,34,39-41,43-44H,14-18H2,1-13H3/t19-,20+,21-,22+,23-,24-,25+,26-,27+,28?,29+,30-,31+,32-,34+,35-,36-,37-/m1/s1. The maximum atomic E-state index is 14.1. The van der Waals surface area contributed by atoms with Gasteiger partial charge in [0.2, 0.25) is 0 Å². The number of carbonyl (C=O) groups is 1. The summed E-state index contributed by atoms with van der Waals surface area (Å²) >= 11 is 0. The molecule has 0 aromatic heterocycles. The lowest BCUT2D eigenvalue weighted by atomic mass is 9.77. The van der Waals surface area contributed by atoms with Gasteiger partial charge in [-0.3, -0.25) is 4.79 Å². The van der Waals surface area contributed by atoms with Gasteiger partial charge in [0, 0.05) is 32.0 Å². The van der Waals surface area contributed by atoms with Crippen molar-refractivity contribution in [3.63, 3.8) is 0 Å². The lowest BCUT2D eigenvalue weighted by Gasteiger charge is -2.48. The third-order valence-electron chi connectivity index (χ3n) is 11.9. The fourth-order valence-corrected chi connectivity index (χ4v) is 8.49. The van der Waals surface area contributed by atoms with Gasteiger partial charge in [-0.1, -0.05) is 27.7 Å². The monoisotopic (exact) mass is 719 g/mol. The summed E-state index contributed by atoms with van der Waals surface area (Å²) in [6.07, 6.45) is -7.83. The van der Waals surface area contributed by atoms with Gasteiger partial charge in [0.1, 0.15) is 30.0 Å². The molecule has 50 heavy (non-hydrogen) atoms. The fraction of sp³-hybridized carbons (Fsp3) is 0.973. The molecule has 0 bridgehead atoms. The SMILES string of the molecule is CC[C@H]1OC(=O)[C@H](C)[C@@H](O[C@H]2C[C@@](C)(OC)[C@@H](O)[C@H](C)O2)[C@H](C)[C@@H](O[C@@H]2O[C@H](C)C[C@H](C)C2O)[C@](C)(O)C[C@@H](C)CN(C)[C@H](C)[C@@H](O)[C@]1(C)O. The number of aliphatic hydroxyl groups excluding tert-OH is 3. The first kappa shape index (κ1) is 43.4. The summed E-state index contributed by atoms with van der Waals surface area (Å²) in [5.74, 6) is -2.65. The molecule has 0 amide bonds. The molecule has 13 nitrogen and oxygen atoms in total. The van der Waals surface area contributed by atoms with Crippen LogP contribution >= 0.6 is 0 Å². The van der Waals surface area contributed by atoms with Crippen LogP contribution in [-0.2, 0) is 33.2 Å². The zero-order chi connectivity index (χ0) is 38.1. The van der Waals surface area contributed by atoms with Gasteiger partial charge < -0.3 is 58.9 Å². The summed E-state index contributed by atoms with van der Waals surface area (Å²) < 4.78 is 37.3. The van der Waals surface area contributed by atoms with Crippen molar-refractivity contribution in [1.29, 1.82) is 0 Å². The van der Waals surface area contributed by atoms with E-state index in [0.717, 1.165) is 0 Å². The minimum Gasteiger partial charge on any atom is -0.459 e. The number of ether oxygens (including phenoxy) is 6. The summed E-state index contributed by atoms with van der Waals surface area (Å²) in [4.78, 5) is 16.0. The van der Waals surface area contributed by atoms with E-state index in [9.17, 15) is 30.3 Å². The molecule has 3 aliphatic heterocycles. The van der Waals surface area contributed by atoms with Crippen LogP contribution in [0.5, 0.6) is 0 Å². The third kappa shape index (κ3) is 9.57. The van der Waals surface area contributed by atoms with Gasteiger partial charge in [-0.2, -0.15) is 0 Å². The normalized spacial score (nSPS) is 51.0. The summed E-state index contributed by atoms with van der Waals surface area (Å²) in [6, 6.07) is -0.528. The number of methoxy groups -OCH3 is 1. The lowest BCUT2D eigenvalue weighted by molar-refractivity contribution is -0.317. The maximum Gasteiger partial charge on any atom is 0.311 e. The Bertz CT molecular complexity index is 1090. The van der Waals surface area contributed by atoms with Crippen LogP contribution in [0, 0.1) is 23.7 Å². The Morgan fingerprint density at radius 1 is 0.920 bits per heavy atom. The van der Waals surface area contributed by atoms with E-state index < -0.39 is 96.0 Å². The third-order valence-corrected chi connectivity index (χ3v) is 11.9. The number of aliphatic hydroxyl groups is 5. The maximum absolute atomic E-state index is 14.1. The van der Waals surface area contributed by atoms with Crippen molar-refractivity contribution in [2.24, 2.45) is 23.7 Å². The Morgan fingerprint density at radius 3 is 2.12 bits per heavy atom. The molecule has 0 spiro atoms. The molecule has 0 saturated carbocycles. The van der Waals surface area contributed by atoms with Crippen LogP contribution in [0.25, 0.3) is 0 Å². The van der Waals surface area contributed by atoms with E-state index in [1.807, 2.05) is 39.6 Å². The number of hydrogen-bond donors (Lipinski definition) is 5. The molecule has 3 saturated heterocycles. The van der Waals surface area contributed by atoms with Crippen molar-refractivity contribution < 1.29 is 58.7 Å². The summed E-state index contributed by atoms with van der Waals surface area (Å²) in [5.41, 5.74) is -4.33. The van der Waals surface area contributed by atoms with Crippen LogP contribution in [0.1, 0.15) is 102 Å². The average molecular weight is 720 g/mol. The first-order valence-corrected chi connectivity index (χ1v) is 18.6. The zero-order valence-electron chi connectivity index (χ0n) is 32.7. The number of nitrogens with zero attached hydrogens (tertiary/aromatic N) is 1. The molecule has 0 radical (unpaired) electrons. The van der Waals surface area contributed by atoms with Crippen molar-refractivity contribution >= 4 is 5.97 Å². The highest BCUT2D eigenvalue weighted by atomic mass is 16.7. The number of cyclic esters (lactones) is 1. The first-order chi connectivity index (χ1) is 23.0. The van der Waals surface area contributed by atoms with Crippen LogP contribution in [0.15, 0.2) is 0 Å². The predicted molar refractivity (Wildman–Crippen MR) is 186 cm³/mol. The van der Waals surface area contributed by atoms with Gasteiger partial charge in [0.25, 0.3) is 0 Å². The van der Waals surface area contributed by atoms with Crippen LogP contribution in [-0.4, -0.2) is 141 Å². The van der Waals surface area contributed by atoms with Gasteiger partial charge in [0.15, 0.2) is 12.6 Å². The smallest absolute Gasteiger partial charge is 0.311 e. The number of likely N-dealkylation sites (N-methyl/N-ethyl adjacent to an activating group) is 1. The Balaban J connectivity index is 2.16. The number of hydrogen-bond acceptors (Lipinski definition) is 13. The van der Waals surface area contributed by atoms with E-state index >= 15 is 0 Å². The molecule has 5 N–H and O–H groups in total. The topological polar surface area (TPSA) is 177 Å². The van der Waals surface area contributed by atoms with Gasteiger partial charge in [0.05, 0.1) is 41.5 Å². The highest BCUT2D eigenvalue weighted by Crippen LogP contribution is 2.40. The molecule has 3 fully saturated rings. The van der Waals surface area contributed by atoms with Gasteiger partial charge in [-0.15, -0.1) is 0 Å². The predicted octanol–water partition coefficient (Wildman–Crippen LogP) is 2.61. The number of rotatable bonds is 6. The Labute approximate surface area is 299 Å². The van der Waals surface area contributed by atoms with Crippen molar-refractivity contribution in [1.82, 2.24) is 4.90 Å². The second kappa shape index (κ2) is 17.0. The molecule has 3 heterocycles. The van der Waals surface area contributed by atoms with Crippen LogP contribution < -0.4 is 0 Å². The Kier molecular flexibility index (Phi) is 14.8.